The van der Waals surface area contributed by atoms with Gasteiger partial charge in [-0.3, -0.25) is 4.98 Å². The second kappa shape index (κ2) is 4.22. The van der Waals surface area contributed by atoms with Gasteiger partial charge in [-0.1, -0.05) is 26.0 Å². The number of hydrogen-bond acceptors (Lipinski definition) is 1. The molecule has 0 aliphatic heterocycles. The van der Waals surface area contributed by atoms with Crippen LogP contribution in [0.5, 0.6) is 0 Å². The van der Waals surface area contributed by atoms with Crippen molar-refractivity contribution in [2.24, 2.45) is 5.92 Å². The van der Waals surface area contributed by atoms with Crippen molar-refractivity contribution in [1.82, 2.24) is 4.98 Å². The van der Waals surface area contributed by atoms with Crippen molar-refractivity contribution < 1.29 is 0 Å². The van der Waals surface area contributed by atoms with E-state index in [4.69, 9.17) is 0 Å². The Bertz CT molecular complexity index is 291. The van der Waals surface area contributed by atoms with Gasteiger partial charge in [-0.05, 0) is 37.0 Å². The molecule has 1 nitrogen and oxygen atoms in total. The molecule has 1 heterocycles. The van der Waals surface area contributed by atoms with Crippen LogP contribution in [0.1, 0.15) is 30.7 Å². The molecule has 0 unspecified atom stereocenters. The van der Waals surface area contributed by atoms with Gasteiger partial charge in [-0.2, -0.15) is 0 Å². The molecule has 0 aromatic carbocycles. The highest BCUT2D eigenvalue weighted by atomic mass is 14.7. The summed E-state index contributed by atoms with van der Waals surface area (Å²) in [6.07, 6.45) is 6.23. The minimum Gasteiger partial charge on any atom is -0.261 e. The average molecular weight is 175 g/mol. The summed E-state index contributed by atoms with van der Waals surface area (Å²) in [5.41, 5.74) is 3.66. The van der Waals surface area contributed by atoms with Crippen molar-refractivity contribution in [2.75, 3.05) is 0 Å². The van der Waals surface area contributed by atoms with Crippen molar-refractivity contribution in [3.63, 3.8) is 0 Å². The monoisotopic (exact) mass is 175 g/mol. The average Bonchev–Trinajstić information content (AvgIpc) is 2.03. The third kappa shape index (κ3) is 2.69. The van der Waals surface area contributed by atoms with Gasteiger partial charge in [0, 0.05) is 11.9 Å². The molecule has 0 amide bonds. The highest BCUT2D eigenvalue weighted by Gasteiger charge is 1.98. The number of hydrogen-bond donors (Lipinski definition) is 0. The Morgan fingerprint density at radius 2 is 2.00 bits per heavy atom. The summed E-state index contributed by atoms with van der Waals surface area (Å²) in [5.74, 6) is 0.596. The number of aryl methyl sites for hydroxylation is 2. The Labute approximate surface area is 80.5 Å². The smallest absolute Gasteiger partial charge is 0.0447 e. The molecule has 0 aliphatic rings. The fraction of sp³-hybridized carbons (Fsp3) is 0.417. The molecule has 0 N–H and O–H groups in total. The minimum atomic E-state index is 0.596. The molecule has 0 aliphatic carbocycles. The van der Waals surface area contributed by atoms with Crippen molar-refractivity contribution in [1.29, 1.82) is 0 Å². The Morgan fingerprint density at radius 1 is 1.31 bits per heavy atom. The first-order chi connectivity index (χ1) is 6.11. The van der Waals surface area contributed by atoms with E-state index >= 15 is 0 Å². The molecule has 1 aromatic rings. The van der Waals surface area contributed by atoms with Crippen LogP contribution < -0.4 is 0 Å². The van der Waals surface area contributed by atoms with Gasteiger partial charge in [-0.25, -0.2) is 0 Å². The van der Waals surface area contributed by atoms with Crippen molar-refractivity contribution in [3.8, 4) is 0 Å². The molecular formula is C12H17N. The molecule has 0 spiro atoms. The van der Waals surface area contributed by atoms with E-state index < -0.39 is 0 Å². The summed E-state index contributed by atoms with van der Waals surface area (Å²) >= 11 is 0. The van der Waals surface area contributed by atoms with Crippen LogP contribution in [0.2, 0.25) is 0 Å². The van der Waals surface area contributed by atoms with Gasteiger partial charge in [0.25, 0.3) is 0 Å². The van der Waals surface area contributed by atoms with Gasteiger partial charge in [0.15, 0.2) is 0 Å². The van der Waals surface area contributed by atoms with Crippen LogP contribution in [-0.2, 0) is 0 Å². The van der Waals surface area contributed by atoms with E-state index in [1.807, 2.05) is 19.2 Å². The van der Waals surface area contributed by atoms with E-state index in [-0.39, 0.29) is 0 Å². The lowest BCUT2D eigenvalue weighted by molar-refractivity contribution is 0.836. The maximum atomic E-state index is 4.27. The Kier molecular flexibility index (Phi) is 3.24. The first-order valence-electron chi connectivity index (χ1n) is 4.71. The molecule has 0 fully saturated rings. The molecular weight excluding hydrogens is 158 g/mol. The molecule has 0 saturated heterocycles. The fourth-order valence-electron chi connectivity index (χ4n) is 1.25. The predicted molar refractivity (Wildman–Crippen MR) is 57.6 cm³/mol. The van der Waals surface area contributed by atoms with E-state index in [0.717, 1.165) is 5.69 Å². The van der Waals surface area contributed by atoms with Gasteiger partial charge in [-0.15, -0.1) is 0 Å². The van der Waals surface area contributed by atoms with Crippen LogP contribution in [0.25, 0.3) is 6.08 Å². The Hall–Kier alpha value is -1.11. The van der Waals surface area contributed by atoms with Crippen molar-refractivity contribution in [2.45, 2.75) is 27.7 Å². The maximum Gasteiger partial charge on any atom is 0.0447 e. The Balaban J connectivity index is 3.00. The van der Waals surface area contributed by atoms with Crippen LogP contribution in [0.4, 0.5) is 0 Å². The number of rotatable bonds is 2. The molecule has 1 rings (SSSR count). The van der Waals surface area contributed by atoms with E-state index in [2.05, 4.69) is 37.9 Å². The highest BCUT2D eigenvalue weighted by molar-refractivity contribution is 5.55. The molecule has 13 heavy (non-hydrogen) atoms. The molecule has 0 saturated carbocycles. The van der Waals surface area contributed by atoms with Gasteiger partial charge < -0.3 is 0 Å². The van der Waals surface area contributed by atoms with Crippen LogP contribution in [-0.4, -0.2) is 4.98 Å². The minimum absolute atomic E-state index is 0.596. The predicted octanol–water partition coefficient (Wildman–Crippen LogP) is 3.37. The van der Waals surface area contributed by atoms with Crippen molar-refractivity contribution in [3.05, 3.63) is 35.2 Å². The van der Waals surface area contributed by atoms with Crippen LogP contribution in [0, 0.1) is 19.8 Å². The van der Waals surface area contributed by atoms with Gasteiger partial charge in [0.1, 0.15) is 0 Å². The summed E-state index contributed by atoms with van der Waals surface area (Å²) in [4.78, 5) is 4.27. The SMILES string of the molecule is Cc1ccnc(C)c1/C=C\C(C)C. The summed E-state index contributed by atoms with van der Waals surface area (Å²) in [6.45, 7) is 8.52. The van der Waals surface area contributed by atoms with Crippen LogP contribution in [0.15, 0.2) is 18.3 Å². The standard InChI is InChI=1S/C12H17N/c1-9(2)5-6-12-10(3)7-8-13-11(12)4/h5-9H,1-4H3/b6-5-. The van der Waals surface area contributed by atoms with E-state index in [1.165, 1.54) is 11.1 Å². The third-order valence-electron chi connectivity index (χ3n) is 2.06. The topological polar surface area (TPSA) is 12.9 Å². The molecule has 1 heteroatoms. The van der Waals surface area contributed by atoms with Gasteiger partial charge in [0.05, 0.1) is 0 Å². The van der Waals surface area contributed by atoms with Gasteiger partial charge in [0.2, 0.25) is 0 Å². The first-order valence-corrected chi connectivity index (χ1v) is 4.71. The van der Waals surface area contributed by atoms with E-state index in [0.29, 0.717) is 5.92 Å². The van der Waals surface area contributed by atoms with Crippen LogP contribution >= 0.6 is 0 Å². The molecule has 0 bridgehead atoms. The zero-order chi connectivity index (χ0) is 9.84. The quantitative estimate of drug-likeness (QED) is 0.671. The molecule has 0 atom stereocenters. The number of pyridine rings is 1. The van der Waals surface area contributed by atoms with Gasteiger partial charge >= 0.3 is 0 Å². The number of aromatic nitrogens is 1. The fourth-order valence-corrected chi connectivity index (χ4v) is 1.25. The first kappa shape index (κ1) is 9.97. The molecule has 70 valence electrons. The zero-order valence-corrected chi connectivity index (χ0v) is 8.83. The lowest BCUT2D eigenvalue weighted by Crippen LogP contribution is -1.90. The maximum absolute atomic E-state index is 4.27. The van der Waals surface area contributed by atoms with E-state index in [1.54, 1.807) is 0 Å². The lowest BCUT2D eigenvalue weighted by Gasteiger charge is -2.03. The second-order valence-electron chi connectivity index (χ2n) is 3.73. The zero-order valence-electron chi connectivity index (χ0n) is 8.83. The highest BCUT2D eigenvalue weighted by Crippen LogP contribution is 2.13. The summed E-state index contributed by atoms with van der Waals surface area (Å²) in [5, 5.41) is 0. The van der Waals surface area contributed by atoms with E-state index in [9.17, 15) is 0 Å². The number of allylic oxidation sites excluding steroid dienone is 1. The van der Waals surface area contributed by atoms with Crippen molar-refractivity contribution >= 4 is 6.08 Å². The molecule has 0 radical (unpaired) electrons. The molecule has 1 aromatic heterocycles. The lowest BCUT2D eigenvalue weighted by atomic mass is 10.1. The number of nitrogens with zero attached hydrogens (tertiary/aromatic N) is 1. The third-order valence-corrected chi connectivity index (χ3v) is 2.06. The summed E-state index contributed by atoms with van der Waals surface area (Å²) < 4.78 is 0. The summed E-state index contributed by atoms with van der Waals surface area (Å²) in [6, 6.07) is 2.05. The van der Waals surface area contributed by atoms with Crippen LogP contribution in [0.3, 0.4) is 0 Å². The second-order valence-corrected chi connectivity index (χ2v) is 3.73. The Morgan fingerprint density at radius 3 is 2.54 bits per heavy atom. The summed E-state index contributed by atoms with van der Waals surface area (Å²) in [7, 11) is 0. The normalized spacial score (nSPS) is 11.5. The largest absolute Gasteiger partial charge is 0.261 e.